The van der Waals surface area contributed by atoms with Crippen molar-refractivity contribution in [2.24, 2.45) is 15.4 Å². The number of aliphatic imine (C=N–C) groups is 2. The van der Waals surface area contributed by atoms with Gasteiger partial charge in [-0.15, -0.1) is 0 Å². The van der Waals surface area contributed by atoms with Crippen LogP contribution in [0.1, 0.15) is 41.0 Å². The van der Waals surface area contributed by atoms with Crippen LogP contribution in [0, 0.1) is 15.5 Å². The molecule has 4 N–H and O–H groups in total. The highest BCUT2D eigenvalue weighted by Crippen LogP contribution is 2.41. The van der Waals surface area contributed by atoms with Crippen LogP contribution in [0.3, 0.4) is 0 Å². The molecule has 0 amide bonds. The predicted molar refractivity (Wildman–Crippen MR) is 106 cm³/mol. The second kappa shape index (κ2) is 10.4. The van der Waals surface area contributed by atoms with Crippen molar-refractivity contribution in [3.8, 4) is 0 Å². The maximum atomic E-state index is 11.3. The number of rotatable bonds is 12. The summed E-state index contributed by atoms with van der Waals surface area (Å²) in [6.07, 6.45) is 6.89. The van der Waals surface area contributed by atoms with Gasteiger partial charge in [-0.2, -0.15) is 11.0 Å². The second-order valence-electron chi connectivity index (χ2n) is 7.62. The molecule has 28 heavy (non-hydrogen) atoms. The Bertz CT molecular complexity index is 685. The van der Waals surface area contributed by atoms with E-state index in [1.165, 1.54) is 10.8 Å². The molecule has 1 rings (SSSR count). The molecule has 11 nitrogen and oxygen atoms in total. The minimum Gasteiger partial charge on any atom is -0.390 e. The number of hydrogen-bond acceptors (Lipinski definition) is 9. The SMILES string of the molecule is CC(C=NCCCN=CC(NO)C(C)(C)C(C)(C)n1ccnc1[N+](=O)[O-])NO. The summed E-state index contributed by atoms with van der Waals surface area (Å²) in [7, 11) is 0. The van der Waals surface area contributed by atoms with Crippen LogP contribution in [-0.4, -0.2) is 62.5 Å². The van der Waals surface area contributed by atoms with Gasteiger partial charge in [0.15, 0.2) is 0 Å². The zero-order valence-electron chi connectivity index (χ0n) is 17.0. The molecule has 0 aliphatic heterocycles. The lowest BCUT2D eigenvalue weighted by Crippen LogP contribution is -2.54. The first-order valence-corrected chi connectivity index (χ1v) is 9.07. The third-order valence-corrected chi connectivity index (χ3v) is 5.24. The Morgan fingerprint density at radius 2 is 1.86 bits per heavy atom. The summed E-state index contributed by atoms with van der Waals surface area (Å²) < 4.78 is 1.50. The van der Waals surface area contributed by atoms with E-state index in [2.05, 4.69) is 25.9 Å². The van der Waals surface area contributed by atoms with Crippen molar-refractivity contribution in [3.05, 3.63) is 22.5 Å². The number of nitrogens with one attached hydrogen (secondary N) is 2. The molecule has 0 saturated heterocycles. The quantitative estimate of drug-likeness (QED) is 0.182. The lowest BCUT2D eigenvalue weighted by atomic mass is 9.69. The van der Waals surface area contributed by atoms with Crippen LogP contribution in [0.4, 0.5) is 5.95 Å². The summed E-state index contributed by atoms with van der Waals surface area (Å²) in [5.41, 5.74) is 2.93. The minimum absolute atomic E-state index is 0.207. The summed E-state index contributed by atoms with van der Waals surface area (Å²) in [4.78, 5) is 23.1. The van der Waals surface area contributed by atoms with Crippen LogP contribution in [-0.2, 0) is 5.54 Å². The molecule has 2 unspecified atom stereocenters. The van der Waals surface area contributed by atoms with Gasteiger partial charge in [0.25, 0.3) is 0 Å². The fourth-order valence-corrected chi connectivity index (χ4v) is 2.64. The van der Waals surface area contributed by atoms with Crippen molar-refractivity contribution in [1.29, 1.82) is 0 Å². The molecule has 11 heteroatoms. The number of hydrogen-bond donors (Lipinski definition) is 4. The summed E-state index contributed by atoms with van der Waals surface area (Å²) >= 11 is 0. The standard InChI is InChI=1S/C17H31N7O4/c1-13(21-25)11-18-7-6-8-19-12-14(22-26)16(2,3)17(4,5)23-10-9-20-15(23)24(27)28/h9-14,21-22,25-26H,6-8H2,1-5H3. The van der Waals surface area contributed by atoms with Crippen LogP contribution >= 0.6 is 0 Å². The molecule has 0 fully saturated rings. The lowest BCUT2D eigenvalue weighted by molar-refractivity contribution is -0.398. The highest BCUT2D eigenvalue weighted by atomic mass is 16.6. The van der Waals surface area contributed by atoms with Crippen molar-refractivity contribution in [1.82, 2.24) is 20.5 Å². The van der Waals surface area contributed by atoms with E-state index in [0.717, 1.165) is 0 Å². The number of nitro groups is 1. The highest BCUT2D eigenvalue weighted by Gasteiger charge is 2.48. The Morgan fingerprint density at radius 1 is 1.25 bits per heavy atom. The van der Waals surface area contributed by atoms with Gasteiger partial charge in [0.1, 0.15) is 12.4 Å². The van der Waals surface area contributed by atoms with E-state index in [1.54, 1.807) is 25.5 Å². The largest absolute Gasteiger partial charge is 0.434 e. The van der Waals surface area contributed by atoms with Crippen molar-refractivity contribution in [3.63, 3.8) is 0 Å². The van der Waals surface area contributed by atoms with Gasteiger partial charge >= 0.3 is 5.95 Å². The molecule has 0 bridgehead atoms. The zero-order valence-corrected chi connectivity index (χ0v) is 17.0. The molecule has 1 aromatic heterocycles. The van der Waals surface area contributed by atoms with Crippen molar-refractivity contribution in [2.75, 3.05) is 13.1 Å². The second-order valence-corrected chi connectivity index (χ2v) is 7.62. The molecule has 0 aromatic carbocycles. The van der Waals surface area contributed by atoms with E-state index >= 15 is 0 Å². The molecule has 0 saturated carbocycles. The van der Waals surface area contributed by atoms with E-state index < -0.39 is 21.9 Å². The highest BCUT2D eigenvalue weighted by molar-refractivity contribution is 5.66. The summed E-state index contributed by atoms with van der Waals surface area (Å²) in [6.45, 7) is 10.3. The van der Waals surface area contributed by atoms with E-state index in [-0.39, 0.29) is 12.0 Å². The van der Waals surface area contributed by atoms with Gasteiger partial charge in [-0.05, 0) is 32.1 Å². The zero-order chi connectivity index (χ0) is 21.4. The summed E-state index contributed by atoms with van der Waals surface area (Å²) in [5.74, 6) is -0.254. The lowest BCUT2D eigenvalue weighted by Gasteiger charge is -2.43. The molecule has 0 aliphatic rings. The fraction of sp³-hybridized carbons (Fsp3) is 0.706. The summed E-state index contributed by atoms with van der Waals surface area (Å²) in [6, 6.07) is -0.756. The maximum Gasteiger partial charge on any atom is 0.434 e. The molecular formula is C17H31N7O4. The first-order chi connectivity index (χ1) is 13.1. The number of nitrogens with zero attached hydrogens (tertiary/aromatic N) is 5. The molecule has 1 aromatic rings. The summed E-state index contributed by atoms with van der Waals surface area (Å²) in [5, 5.41) is 29.6. The first-order valence-electron chi connectivity index (χ1n) is 9.07. The Balaban J connectivity index is 2.81. The van der Waals surface area contributed by atoms with Crippen LogP contribution in [0.2, 0.25) is 0 Å². The average molecular weight is 397 g/mol. The minimum atomic E-state index is -0.754. The van der Waals surface area contributed by atoms with Gasteiger partial charge < -0.3 is 20.5 Å². The van der Waals surface area contributed by atoms with Crippen LogP contribution < -0.4 is 11.0 Å². The van der Waals surface area contributed by atoms with Gasteiger partial charge in [0, 0.05) is 30.9 Å². The molecule has 1 heterocycles. The molecule has 158 valence electrons. The van der Waals surface area contributed by atoms with Gasteiger partial charge in [-0.3, -0.25) is 9.98 Å². The average Bonchev–Trinajstić information content (AvgIpc) is 3.14. The number of aromatic nitrogens is 2. The van der Waals surface area contributed by atoms with Crippen molar-refractivity contribution < 1.29 is 15.3 Å². The molecule has 2 atom stereocenters. The monoisotopic (exact) mass is 397 g/mol. The third kappa shape index (κ3) is 5.64. The fourth-order valence-electron chi connectivity index (χ4n) is 2.64. The smallest absolute Gasteiger partial charge is 0.390 e. The van der Waals surface area contributed by atoms with E-state index in [4.69, 9.17) is 5.21 Å². The Labute approximate surface area is 164 Å². The van der Waals surface area contributed by atoms with Gasteiger partial charge in [-0.25, -0.2) is 4.57 Å². The van der Waals surface area contributed by atoms with Crippen LogP contribution in [0.15, 0.2) is 22.4 Å². The maximum absolute atomic E-state index is 11.3. The Kier molecular flexibility index (Phi) is 8.82. The van der Waals surface area contributed by atoms with E-state index in [1.807, 2.05) is 27.7 Å². The van der Waals surface area contributed by atoms with E-state index in [0.29, 0.717) is 19.5 Å². The van der Waals surface area contributed by atoms with Crippen molar-refractivity contribution >= 4 is 18.4 Å². The molecular weight excluding hydrogens is 366 g/mol. The predicted octanol–water partition coefficient (Wildman–Crippen LogP) is 1.80. The number of imidazole rings is 1. The topological polar surface area (TPSA) is 150 Å². The molecule has 0 spiro atoms. The van der Waals surface area contributed by atoms with E-state index in [9.17, 15) is 15.3 Å². The van der Waals surface area contributed by atoms with Crippen LogP contribution in [0.5, 0.6) is 0 Å². The first kappa shape index (κ1) is 23.8. The van der Waals surface area contributed by atoms with Gasteiger partial charge in [-0.1, -0.05) is 18.8 Å². The van der Waals surface area contributed by atoms with Gasteiger partial charge in [0.2, 0.25) is 0 Å². The molecule has 0 aliphatic carbocycles. The Hall–Kier alpha value is -2.21. The molecule has 0 radical (unpaired) electrons. The van der Waals surface area contributed by atoms with Crippen molar-refractivity contribution in [2.45, 2.75) is 58.7 Å². The van der Waals surface area contributed by atoms with Crippen LogP contribution in [0.25, 0.3) is 0 Å². The Morgan fingerprint density at radius 3 is 2.39 bits per heavy atom. The third-order valence-electron chi connectivity index (χ3n) is 5.24. The van der Waals surface area contributed by atoms with Gasteiger partial charge in [0.05, 0.1) is 17.6 Å². The number of hydroxylamine groups is 2. The normalized spacial score (nSPS) is 15.4.